The molecule has 1 fully saturated rings. The number of allylic oxidation sites excluding steroid dienone is 1. The average Bonchev–Trinajstić information content (AvgIpc) is 2.66. The van der Waals surface area contributed by atoms with E-state index in [1.54, 1.807) is 12.3 Å². The van der Waals surface area contributed by atoms with Crippen molar-refractivity contribution in [3.63, 3.8) is 0 Å². The highest BCUT2D eigenvalue weighted by atomic mass is 16.6. The molecule has 2 aliphatic rings. The Morgan fingerprint density at radius 3 is 2.72 bits per heavy atom. The van der Waals surface area contributed by atoms with E-state index in [9.17, 15) is 15.0 Å². The number of aliphatic hydroxyl groups excluding tert-OH is 3. The molecule has 18 heavy (non-hydrogen) atoms. The molecule has 2 aliphatic heterocycles. The Kier molecular flexibility index (Phi) is 3.67. The van der Waals surface area contributed by atoms with Gasteiger partial charge in [-0.15, -0.1) is 0 Å². The predicted molar refractivity (Wildman–Crippen MR) is 59.1 cm³/mol. The molecule has 0 saturated carbocycles. The van der Waals surface area contributed by atoms with Crippen LogP contribution in [0.25, 0.3) is 0 Å². The second-order valence-corrected chi connectivity index (χ2v) is 4.22. The third kappa shape index (κ3) is 2.25. The summed E-state index contributed by atoms with van der Waals surface area (Å²) in [4.78, 5) is 12.2. The summed E-state index contributed by atoms with van der Waals surface area (Å²) in [7, 11) is 0. The van der Waals surface area contributed by atoms with Crippen molar-refractivity contribution in [3.8, 4) is 0 Å². The first-order valence-corrected chi connectivity index (χ1v) is 5.55. The van der Waals surface area contributed by atoms with Crippen molar-refractivity contribution in [1.29, 1.82) is 0 Å². The molecule has 2 rings (SSSR count). The van der Waals surface area contributed by atoms with E-state index in [2.05, 4.69) is 0 Å². The highest BCUT2D eigenvalue weighted by Gasteiger charge is 2.44. The molecule has 0 bridgehead atoms. The Bertz CT molecular complexity index is 393. The zero-order valence-corrected chi connectivity index (χ0v) is 9.51. The molecular weight excluding hydrogens is 242 g/mol. The first kappa shape index (κ1) is 13.0. The standard InChI is InChI=1S/C11H15NO6/c13-5-7-8(14)9(15)10(18-7)12-3-1-2-6(4-12)11(16)17/h1,3-4,7-10,13-15H,2,5H2,(H,16,17)/t7-,8+,9+,10-/m1/s1. The van der Waals surface area contributed by atoms with E-state index < -0.39 is 37.1 Å². The minimum absolute atomic E-state index is 0.162. The summed E-state index contributed by atoms with van der Waals surface area (Å²) in [5, 5.41) is 37.3. The Morgan fingerprint density at radius 2 is 2.17 bits per heavy atom. The Hall–Kier alpha value is -1.41. The van der Waals surface area contributed by atoms with Crippen molar-refractivity contribution < 1.29 is 30.0 Å². The summed E-state index contributed by atoms with van der Waals surface area (Å²) in [6, 6.07) is 0. The van der Waals surface area contributed by atoms with Crippen LogP contribution in [0.15, 0.2) is 24.0 Å². The van der Waals surface area contributed by atoms with E-state index in [1.807, 2.05) is 0 Å². The van der Waals surface area contributed by atoms with E-state index in [-0.39, 0.29) is 5.57 Å². The van der Waals surface area contributed by atoms with Crippen LogP contribution in [0.3, 0.4) is 0 Å². The van der Waals surface area contributed by atoms with Crippen molar-refractivity contribution in [2.45, 2.75) is 31.0 Å². The molecule has 2 heterocycles. The lowest BCUT2D eigenvalue weighted by Crippen LogP contribution is -2.40. The second kappa shape index (κ2) is 5.07. The smallest absolute Gasteiger partial charge is 0.333 e. The lowest BCUT2D eigenvalue weighted by molar-refractivity contribution is -0.133. The predicted octanol–water partition coefficient (Wildman–Crippen LogP) is -1.39. The van der Waals surface area contributed by atoms with Crippen LogP contribution in [0.5, 0.6) is 0 Å². The SMILES string of the molecule is O=C(O)C1=CN([C@@H]2O[C@H](CO)[C@H](O)[C@@H]2O)C=CC1. The summed E-state index contributed by atoms with van der Waals surface area (Å²) in [5.41, 5.74) is 0.162. The number of carbonyl (C=O) groups is 1. The largest absolute Gasteiger partial charge is 0.478 e. The molecule has 1 saturated heterocycles. The molecule has 0 aliphatic carbocycles. The van der Waals surface area contributed by atoms with Gasteiger partial charge >= 0.3 is 5.97 Å². The van der Waals surface area contributed by atoms with E-state index in [0.29, 0.717) is 6.42 Å². The zero-order chi connectivity index (χ0) is 13.3. The molecule has 0 aromatic carbocycles. The molecule has 0 spiro atoms. The van der Waals surface area contributed by atoms with Gasteiger partial charge in [0, 0.05) is 18.8 Å². The van der Waals surface area contributed by atoms with Crippen LogP contribution in [-0.4, -0.2) is 62.4 Å². The van der Waals surface area contributed by atoms with E-state index in [0.717, 1.165) is 0 Å². The number of aliphatic carboxylic acids is 1. The van der Waals surface area contributed by atoms with Crippen molar-refractivity contribution in [2.24, 2.45) is 0 Å². The van der Waals surface area contributed by atoms with Crippen LogP contribution in [-0.2, 0) is 9.53 Å². The second-order valence-electron chi connectivity index (χ2n) is 4.22. The van der Waals surface area contributed by atoms with Gasteiger partial charge in [-0.25, -0.2) is 4.79 Å². The quantitative estimate of drug-likeness (QED) is 0.493. The minimum atomic E-state index is -1.21. The van der Waals surface area contributed by atoms with Gasteiger partial charge < -0.3 is 30.1 Å². The number of hydrogen-bond acceptors (Lipinski definition) is 6. The lowest BCUT2D eigenvalue weighted by Gasteiger charge is -2.28. The lowest BCUT2D eigenvalue weighted by atomic mass is 10.1. The monoisotopic (exact) mass is 257 g/mol. The molecule has 4 N–H and O–H groups in total. The summed E-state index contributed by atoms with van der Waals surface area (Å²) in [5.74, 6) is -1.05. The maximum absolute atomic E-state index is 10.9. The minimum Gasteiger partial charge on any atom is -0.478 e. The van der Waals surface area contributed by atoms with Crippen LogP contribution >= 0.6 is 0 Å². The third-order valence-electron chi connectivity index (χ3n) is 3.01. The van der Waals surface area contributed by atoms with Gasteiger partial charge in [0.1, 0.15) is 18.3 Å². The van der Waals surface area contributed by atoms with Gasteiger partial charge in [-0.05, 0) is 0 Å². The highest BCUT2D eigenvalue weighted by Crippen LogP contribution is 2.26. The summed E-state index contributed by atoms with van der Waals surface area (Å²) in [6.45, 7) is -0.415. The topological polar surface area (TPSA) is 110 Å². The highest BCUT2D eigenvalue weighted by molar-refractivity contribution is 5.87. The number of carboxylic acid groups (broad SMARTS) is 1. The molecule has 0 unspecified atom stereocenters. The van der Waals surface area contributed by atoms with Crippen molar-refractivity contribution in [3.05, 3.63) is 24.0 Å². The summed E-state index contributed by atoms with van der Waals surface area (Å²) in [6.07, 6.45) is 0.659. The number of rotatable bonds is 3. The summed E-state index contributed by atoms with van der Waals surface area (Å²) >= 11 is 0. The van der Waals surface area contributed by atoms with Crippen molar-refractivity contribution >= 4 is 5.97 Å². The van der Waals surface area contributed by atoms with Gasteiger partial charge in [0.2, 0.25) is 0 Å². The zero-order valence-electron chi connectivity index (χ0n) is 9.51. The molecule has 7 heteroatoms. The van der Waals surface area contributed by atoms with Crippen LogP contribution in [0, 0.1) is 0 Å². The first-order chi connectivity index (χ1) is 8.54. The molecule has 0 radical (unpaired) electrons. The average molecular weight is 257 g/mol. The van der Waals surface area contributed by atoms with Gasteiger partial charge in [-0.3, -0.25) is 0 Å². The van der Waals surface area contributed by atoms with Gasteiger partial charge in [0.15, 0.2) is 6.23 Å². The third-order valence-corrected chi connectivity index (χ3v) is 3.01. The maximum Gasteiger partial charge on any atom is 0.333 e. The van der Waals surface area contributed by atoms with Crippen LogP contribution < -0.4 is 0 Å². The fourth-order valence-electron chi connectivity index (χ4n) is 2.00. The molecule has 4 atom stereocenters. The normalized spacial score (nSPS) is 35.7. The molecule has 0 aromatic rings. The van der Waals surface area contributed by atoms with E-state index >= 15 is 0 Å². The number of hydrogen-bond donors (Lipinski definition) is 4. The first-order valence-electron chi connectivity index (χ1n) is 5.55. The van der Waals surface area contributed by atoms with Crippen LogP contribution in [0.2, 0.25) is 0 Å². The van der Waals surface area contributed by atoms with Crippen molar-refractivity contribution in [1.82, 2.24) is 4.90 Å². The summed E-state index contributed by atoms with van der Waals surface area (Å²) < 4.78 is 5.29. The number of aliphatic hydroxyl groups is 3. The fraction of sp³-hybridized carbons (Fsp3) is 0.545. The van der Waals surface area contributed by atoms with Crippen LogP contribution in [0.1, 0.15) is 6.42 Å². The van der Waals surface area contributed by atoms with Crippen LogP contribution in [0.4, 0.5) is 0 Å². The Labute approximate surface area is 103 Å². The molecule has 0 amide bonds. The number of carboxylic acids is 1. The Morgan fingerprint density at radius 1 is 1.44 bits per heavy atom. The molecule has 7 nitrogen and oxygen atoms in total. The number of ether oxygens (including phenoxy) is 1. The van der Waals surface area contributed by atoms with E-state index in [4.69, 9.17) is 14.9 Å². The van der Waals surface area contributed by atoms with E-state index in [1.165, 1.54) is 11.1 Å². The molecule has 100 valence electrons. The van der Waals surface area contributed by atoms with Gasteiger partial charge in [0.25, 0.3) is 0 Å². The van der Waals surface area contributed by atoms with Gasteiger partial charge in [-0.1, -0.05) is 6.08 Å². The Balaban J connectivity index is 2.15. The maximum atomic E-state index is 10.9. The van der Waals surface area contributed by atoms with Gasteiger partial charge in [0.05, 0.1) is 12.2 Å². The number of nitrogens with zero attached hydrogens (tertiary/aromatic N) is 1. The molecular formula is C11H15NO6. The van der Waals surface area contributed by atoms with Crippen molar-refractivity contribution in [2.75, 3.05) is 6.61 Å². The van der Waals surface area contributed by atoms with Gasteiger partial charge in [-0.2, -0.15) is 0 Å². The fourth-order valence-corrected chi connectivity index (χ4v) is 2.00. The molecule has 0 aromatic heterocycles.